The highest BCUT2D eigenvalue weighted by atomic mass is 35.5. The molecule has 31 heavy (non-hydrogen) atoms. The van der Waals surface area contributed by atoms with Gasteiger partial charge < -0.3 is 9.64 Å². The number of halogens is 1. The van der Waals surface area contributed by atoms with Gasteiger partial charge in [-0.1, -0.05) is 35.9 Å². The summed E-state index contributed by atoms with van der Waals surface area (Å²) in [6, 6.07) is 15.4. The summed E-state index contributed by atoms with van der Waals surface area (Å²) in [5.41, 5.74) is 5.08. The lowest BCUT2D eigenvalue weighted by Crippen LogP contribution is -2.38. The molecule has 1 saturated carbocycles. The van der Waals surface area contributed by atoms with Crippen LogP contribution in [0, 0.1) is 0 Å². The summed E-state index contributed by atoms with van der Waals surface area (Å²) in [5.74, 6) is 2.33. The minimum atomic E-state index is 0.115. The third-order valence-corrected chi connectivity index (χ3v) is 6.26. The molecule has 5 rings (SSSR count). The van der Waals surface area contributed by atoms with Crippen LogP contribution in [0.25, 0.3) is 11.3 Å². The van der Waals surface area contributed by atoms with Crippen LogP contribution in [0.2, 0.25) is 5.02 Å². The predicted octanol–water partition coefficient (Wildman–Crippen LogP) is 4.81. The van der Waals surface area contributed by atoms with E-state index in [1.807, 2.05) is 53.4 Å². The molecule has 0 atom stereocenters. The lowest BCUT2D eigenvalue weighted by molar-refractivity contribution is -0.131. The Morgan fingerprint density at radius 2 is 1.84 bits per heavy atom. The van der Waals surface area contributed by atoms with E-state index < -0.39 is 0 Å². The Kier molecular flexibility index (Phi) is 5.36. The second kappa shape index (κ2) is 8.31. The molecule has 0 unspecified atom stereocenters. The van der Waals surface area contributed by atoms with E-state index in [0.29, 0.717) is 30.5 Å². The molecular weight excluding hydrogens is 410 g/mol. The van der Waals surface area contributed by atoms with Crippen LogP contribution in [0.15, 0.2) is 48.5 Å². The fourth-order valence-corrected chi connectivity index (χ4v) is 4.17. The van der Waals surface area contributed by atoms with Crippen molar-refractivity contribution in [3.63, 3.8) is 0 Å². The highest BCUT2D eigenvalue weighted by Crippen LogP contribution is 2.40. The van der Waals surface area contributed by atoms with E-state index >= 15 is 0 Å². The Morgan fingerprint density at radius 3 is 2.52 bits per heavy atom. The molecule has 1 aromatic heterocycles. The first-order valence-electron chi connectivity index (χ1n) is 10.7. The third-order valence-electron chi connectivity index (χ3n) is 6.00. The summed E-state index contributed by atoms with van der Waals surface area (Å²) >= 11 is 6.10. The first kappa shape index (κ1) is 20.0. The highest BCUT2D eigenvalue weighted by molar-refractivity contribution is 6.30. The Bertz CT molecular complexity index is 1110. The molecule has 1 amide bonds. The number of amides is 1. The molecule has 0 spiro atoms. The van der Waals surface area contributed by atoms with Crippen LogP contribution in [-0.4, -0.2) is 34.4 Å². The molecular formula is C25H24ClN3O2. The van der Waals surface area contributed by atoms with Gasteiger partial charge in [0.05, 0.1) is 24.9 Å². The van der Waals surface area contributed by atoms with Crippen LogP contribution in [-0.2, 0) is 24.2 Å². The highest BCUT2D eigenvalue weighted by Gasteiger charge is 2.31. The maximum absolute atomic E-state index is 13.0. The summed E-state index contributed by atoms with van der Waals surface area (Å²) in [7, 11) is 1.64. The lowest BCUT2D eigenvalue weighted by Gasteiger charge is -2.30. The number of hydrogen-bond acceptors (Lipinski definition) is 4. The van der Waals surface area contributed by atoms with Crippen molar-refractivity contribution in [2.45, 2.75) is 38.1 Å². The van der Waals surface area contributed by atoms with Crippen LogP contribution in [0.4, 0.5) is 0 Å². The fourth-order valence-electron chi connectivity index (χ4n) is 4.05. The van der Waals surface area contributed by atoms with E-state index in [-0.39, 0.29) is 5.91 Å². The number of fused-ring (bicyclic) bond motifs is 1. The van der Waals surface area contributed by atoms with Crippen LogP contribution in [0.1, 0.15) is 41.4 Å². The van der Waals surface area contributed by atoms with Crippen molar-refractivity contribution in [3.8, 4) is 17.0 Å². The Balaban J connectivity index is 1.42. The molecule has 1 aliphatic carbocycles. The summed E-state index contributed by atoms with van der Waals surface area (Å²) in [4.78, 5) is 24.8. The van der Waals surface area contributed by atoms with Gasteiger partial charge in [-0.3, -0.25) is 4.79 Å². The smallest absolute Gasteiger partial charge is 0.227 e. The Hall–Kier alpha value is -2.92. The molecule has 3 aromatic rings. The van der Waals surface area contributed by atoms with Gasteiger partial charge in [-0.05, 0) is 42.7 Å². The van der Waals surface area contributed by atoms with Crippen molar-refractivity contribution < 1.29 is 9.53 Å². The number of carbonyl (C=O) groups excluding carboxylic acids is 1. The Morgan fingerprint density at radius 1 is 1.10 bits per heavy atom. The van der Waals surface area contributed by atoms with Crippen molar-refractivity contribution in [3.05, 3.63) is 76.2 Å². The van der Waals surface area contributed by atoms with Crippen molar-refractivity contribution >= 4 is 17.5 Å². The zero-order valence-corrected chi connectivity index (χ0v) is 18.2. The molecule has 1 fully saturated rings. The molecule has 2 aliphatic rings. The normalized spacial score (nSPS) is 15.5. The lowest BCUT2D eigenvalue weighted by atomic mass is 9.98. The summed E-state index contributed by atoms with van der Waals surface area (Å²) in [6.07, 6.45) is 3.44. The van der Waals surface area contributed by atoms with Gasteiger partial charge in [0.1, 0.15) is 11.6 Å². The summed E-state index contributed by atoms with van der Waals surface area (Å²) in [5, 5.41) is 0.699. The van der Waals surface area contributed by atoms with Gasteiger partial charge in [0.25, 0.3) is 0 Å². The maximum atomic E-state index is 13.0. The number of hydrogen-bond donors (Lipinski definition) is 0. The molecule has 6 heteroatoms. The second-order valence-corrected chi connectivity index (χ2v) is 8.66. The van der Waals surface area contributed by atoms with E-state index in [9.17, 15) is 4.79 Å². The minimum absolute atomic E-state index is 0.115. The zero-order valence-electron chi connectivity index (χ0n) is 17.5. The number of ether oxygens (including phenoxy) is 1. The molecule has 158 valence electrons. The summed E-state index contributed by atoms with van der Waals surface area (Å²) < 4.78 is 5.21. The third kappa shape index (κ3) is 4.28. The van der Waals surface area contributed by atoms with Crippen molar-refractivity contribution in [2.24, 2.45) is 0 Å². The maximum Gasteiger partial charge on any atom is 0.227 e. The van der Waals surface area contributed by atoms with E-state index in [1.54, 1.807) is 7.11 Å². The standard InChI is InChI=1S/C25H24ClN3O2/c1-31-20-10-2-16(3-11-20)14-23(30)29-13-12-22-21(15-29)24(17-6-8-19(26)9-7-17)28-25(27-22)18-4-5-18/h2-3,6-11,18H,4-5,12-15H2,1H3. The number of rotatable bonds is 5. The number of benzene rings is 2. The number of methoxy groups -OCH3 is 1. The van der Waals surface area contributed by atoms with Crippen LogP contribution in [0.5, 0.6) is 5.75 Å². The topological polar surface area (TPSA) is 55.3 Å². The SMILES string of the molecule is COc1ccc(CC(=O)N2CCc3nc(C4CC4)nc(-c4ccc(Cl)cc4)c3C2)cc1. The molecule has 5 nitrogen and oxygen atoms in total. The molecule has 0 radical (unpaired) electrons. The first-order chi connectivity index (χ1) is 15.1. The minimum Gasteiger partial charge on any atom is -0.497 e. The van der Waals surface area contributed by atoms with Gasteiger partial charge in [-0.15, -0.1) is 0 Å². The van der Waals surface area contributed by atoms with E-state index in [0.717, 1.165) is 58.9 Å². The van der Waals surface area contributed by atoms with Gasteiger partial charge >= 0.3 is 0 Å². The molecule has 2 aromatic carbocycles. The van der Waals surface area contributed by atoms with E-state index in [2.05, 4.69) is 0 Å². The van der Waals surface area contributed by atoms with Gasteiger partial charge in [0.15, 0.2) is 0 Å². The number of nitrogens with zero attached hydrogens (tertiary/aromatic N) is 3. The monoisotopic (exact) mass is 433 g/mol. The predicted molar refractivity (Wildman–Crippen MR) is 120 cm³/mol. The van der Waals surface area contributed by atoms with Gasteiger partial charge in [0.2, 0.25) is 5.91 Å². The average molecular weight is 434 g/mol. The molecule has 2 heterocycles. The van der Waals surface area contributed by atoms with E-state index in [1.165, 1.54) is 0 Å². The fraction of sp³-hybridized carbons (Fsp3) is 0.320. The van der Waals surface area contributed by atoms with Crippen LogP contribution < -0.4 is 4.74 Å². The molecule has 0 N–H and O–H groups in total. The van der Waals surface area contributed by atoms with Crippen LogP contribution in [0.3, 0.4) is 0 Å². The molecule has 0 bridgehead atoms. The van der Waals surface area contributed by atoms with Crippen LogP contribution >= 0.6 is 11.6 Å². The quantitative estimate of drug-likeness (QED) is 0.579. The number of aromatic nitrogens is 2. The van der Waals surface area contributed by atoms with E-state index in [4.69, 9.17) is 26.3 Å². The second-order valence-electron chi connectivity index (χ2n) is 8.23. The van der Waals surface area contributed by atoms with Crippen molar-refractivity contribution in [1.82, 2.24) is 14.9 Å². The van der Waals surface area contributed by atoms with Crippen molar-refractivity contribution in [2.75, 3.05) is 13.7 Å². The van der Waals surface area contributed by atoms with Crippen molar-refractivity contribution in [1.29, 1.82) is 0 Å². The number of carbonyl (C=O) groups is 1. The zero-order chi connectivity index (χ0) is 21.4. The van der Waals surface area contributed by atoms with Gasteiger partial charge in [0, 0.05) is 41.6 Å². The average Bonchev–Trinajstić information content (AvgIpc) is 3.65. The largest absolute Gasteiger partial charge is 0.497 e. The first-order valence-corrected chi connectivity index (χ1v) is 11.0. The summed E-state index contributed by atoms with van der Waals surface area (Å²) in [6.45, 7) is 1.22. The molecule has 1 aliphatic heterocycles. The van der Waals surface area contributed by atoms with Gasteiger partial charge in [-0.2, -0.15) is 0 Å². The van der Waals surface area contributed by atoms with Gasteiger partial charge in [-0.25, -0.2) is 9.97 Å². The molecule has 0 saturated heterocycles. The Labute approximate surface area is 187 Å².